The van der Waals surface area contributed by atoms with E-state index in [1.54, 1.807) is 0 Å². The predicted molar refractivity (Wildman–Crippen MR) is 97.7 cm³/mol. The van der Waals surface area contributed by atoms with Crippen molar-refractivity contribution >= 4 is 0 Å². The summed E-state index contributed by atoms with van der Waals surface area (Å²) in [6.07, 6.45) is 0.962. The van der Waals surface area contributed by atoms with Crippen molar-refractivity contribution in [3.8, 4) is 5.75 Å². The quantitative estimate of drug-likeness (QED) is 0.715. The van der Waals surface area contributed by atoms with Gasteiger partial charge in [-0.2, -0.15) is 0 Å². The van der Waals surface area contributed by atoms with Gasteiger partial charge in [0, 0.05) is 5.54 Å². The van der Waals surface area contributed by atoms with Crippen LogP contribution in [0.1, 0.15) is 45.7 Å². The van der Waals surface area contributed by atoms with Crippen LogP contribution in [0, 0.1) is 5.92 Å². The number of benzene rings is 2. The zero-order chi connectivity index (χ0) is 16.9. The SMILES string of the molecule is CC(C)Cc1ccccc1OC(C)NC(C)(C)c1ccccc1. The number of rotatable bonds is 7. The molecule has 23 heavy (non-hydrogen) atoms. The van der Waals surface area contributed by atoms with Gasteiger partial charge in [-0.05, 0) is 50.3 Å². The zero-order valence-electron chi connectivity index (χ0n) is 15.0. The Balaban J connectivity index is 2.06. The number of nitrogens with one attached hydrogen (secondary N) is 1. The van der Waals surface area contributed by atoms with Gasteiger partial charge in [0.25, 0.3) is 0 Å². The third kappa shape index (κ3) is 5.11. The highest BCUT2D eigenvalue weighted by atomic mass is 16.5. The van der Waals surface area contributed by atoms with Crippen molar-refractivity contribution < 1.29 is 4.74 Å². The Morgan fingerprint density at radius 2 is 1.52 bits per heavy atom. The van der Waals surface area contributed by atoms with E-state index in [0.29, 0.717) is 5.92 Å². The van der Waals surface area contributed by atoms with Crippen LogP contribution in [0.4, 0.5) is 0 Å². The second kappa shape index (κ2) is 7.65. The fraction of sp³-hybridized carbons (Fsp3) is 0.429. The van der Waals surface area contributed by atoms with Crippen molar-refractivity contribution in [1.82, 2.24) is 5.32 Å². The molecule has 0 saturated carbocycles. The molecule has 0 aliphatic rings. The second-order valence-electron chi connectivity index (χ2n) is 7.10. The minimum Gasteiger partial charge on any atom is -0.475 e. The van der Waals surface area contributed by atoms with E-state index in [-0.39, 0.29) is 11.8 Å². The predicted octanol–water partition coefficient (Wildman–Crippen LogP) is 5.13. The average Bonchev–Trinajstić information content (AvgIpc) is 2.49. The van der Waals surface area contributed by atoms with Crippen molar-refractivity contribution in [3.63, 3.8) is 0 Å². The molecule has 2 heteroatoms. The maximum absolute atomic E-state index is 6.19. The molecule has 124 valence electrons. The third-order valence-corrected chi connectivity index (χ3v) is 3.96. The van der Waals surface area contributed by atoms with Gasteiger partial charge < -0.3 is 4.74 Å². The summed E-state index contributed by atoms with van der Waals surface area (Å²) < 4.78 is 6.19. The zero-order valence-corrected chi connectivity index (χ0v) is 15.0. The molecular formula is C21H29NO. The van der Waals surface area contributed by atoms with Gasteiger partial charge in [0.15, 0.2) is 0 Å². The molecule has 2 rings (SSSR count). The lowest BCUT2D eigenvalue weighted by molar-refractivity contribution is 0.139. The lowest BCUT2D eigenvalue weighted by Gasteiger charge is -2.31. The average molecular weight is 311 g/mol. The van der Waals surface area contributed by atoms with E-state index in [1.165, 1.54) is 11.1 Å². The van der Waals surface area contributed by atoms with Crippen molar-refractivity contribution in [2.45, 2.75) is 52.8 Å². The Labute approximate surface area is 140 Å². The maximum atomic E-state index is 6.19. The molecule has 2 aromatic carbocycles. The standard InChI is InChI=1S/C21H29NO/c1-16(2)15-18-11-9-10-14-20(18)23-17(3)22-21(4,5)19-12-7-6-8-13-19/h6-14,16-17,22H,15H2,1-5H3. The number of ether oxygens (including phenoxy) is 1. The molecule has 0 saturated heterocycles. The highest BCUT2D eigenvalue weighted by molar-refractivity contribution is 5.34. The fourth-order valence-corrected chi connectivity index (χ4v) is 2.89. The van der Waals surface area contributed by atoms with Crippen LogP contribution in [0.5, 0.6) is 5.75 Å². The lowest BCUT2D eigenvalue weighted by Crippen LogP contribution is -2.45. The number of para-hydroxylation sites is 1. The molecule has 2 aromatic rings. The third-order valence-electron chi connectivity index (χ3n) is 3.96. The Morgan fingerprint density at radius 3 is 2.17 bits per heavy atom. The van der Waals surface area contributed by atoms with E-state index in [4.69, 9.17) is 4.74 Å². The van der Waals surface area contributed by atoms with Crippen LogP contribution in [0.15, 0.2) is 54.6 Å². The van der Waals surface area contributed by atoms with E-state index in [1.807, 2.05) is 12.1 Å². The summed E-state index contributed by atoms with van der Waals surface area (Å²) in [5, 5.41) is 3.58. The summed E-state index contributed by atoms with van der Waals surface area (Å²) in [5.74, 6) is 1.59. The van der Waals surface area contributed by atoms with E-state index in [2.05, 4.69) is 82.4 Å². The molecule has 1 N–H and O–H groups in total. The largest absolute Gasteiger partial charge is 0.475 e. The first kappa shape index (κ1) is 17.6. The summed E-state index contributed by atoms with van der Waals surface area (Å²) in [6, 6.07) is 18.8. The summed E-state index contributed by atoms with van der Waals surface area (Å²) in [7, 11) is 0. The van der Waals surface area contributed by atoms with Crippen LogP contribution in [0.3, 0.4) is 0 Å². The molecule has 0 radical (unpaired) electrons. The van der Waals surface area contributed by atoms with Crippen LogP contribution >= 0.6 is 0 Å². The minimum absolute atomic E-state index is 0.0708. The van der Waals surface area contributed by atoms with E-state index in [0.717, 1.165) is 12.2 Å². The van der Waals surface area contributed by atoms with Gasteiger partial charge >= 0.3 is 0 Å². The lowest BCUT2D eigenvalue weighted by atomic mass is 9.94. The molecule has 0 aromatic heterocycles. The molecule has 0 aliphatic heterocycles. The van der Waals surface area contributed by atoms with Crippen LogP contribution in [0.25, 0.3) is 0 Å². The molecule has 0 fully saturated rings. The molecular weight excluding hydrogens is 282 g/mol. The summed E-state index contributed by atoms with van der Waals surface area (Å²) >= 11 is 0. The summed E-state index contributed by atoms with van der Waals surface area (Å²) in [5.41, 5.74) is 2.38. The van der Waals surface area contributed by atoms with Gasteiger partial charge in [-0.15, -0.1) is 0 Å². The molecule has 0 heterocycles. The topological polar surface area (TPSA) is 21.3 Å². The first-order valence-corrected chi connectivity index (χ1v) is 8.46. The van der Waals surface area contributed by atoms with Crippen molar-refractivity contribution in [2.75, 3.05) is 0 Å². The van der Waals surface area contributed by atoms with Crippen LogP contribution in [-0.2, 0) is 12.0 Å². The summed E-state index contributed by atoms with van der Waals surface area (Å²) in [6.45, 7) is 10.9. The normalized spacial score (nSPS) is 13.1. The van der Waals surface area contributed by atoms with Crippen LogP contribution in [0.2, 0.25) is 0 Å². The Morgan fingerprint density at radius 1 is 0.913 bits per heavy atom. The smallest absolute Gasteiger partial charge is 0.148 e. The van der Waals surface area contributed by atoms with Gasteiger partial charge in [0.1, 0.15) is 12.0 Å². The highest BCUT2D eigenvalue weighted by Crippen LogP contribution is 2.24. The van der Waals surface area contributed by atoms with Gasteiger partial charge in [0.05, 0.1) is 0 Å². The Hall–Kier alpha value is -1.80. The van der Waals surface area contributed by atoms with E-state index in [9.17, 15) is 0 Å². The molecule has 0 spiro atoms. The number of hydrogen-bond donors (Lipinski definition) is 1. The molecule has 0 bridgehead atoms. The maximum Gasteiger partial charge on any atom is 0.148 e. The molecule has 2 nitrogen and oxygen atoms in total. The van der Waals surface area contributed by atoms with Crippen LogP contribution < -0.4 is 10.1 Å². The Kier molecular flexibility index (Phi) is 5.84. The molecule has 0 amide bonds. The monoisotopic (exact) mass is 311 g/mol. The number of hydrogen-bond acceptors (Lipinski definition) is 2. The van der Waals surface area contributed by atoms with E-state index >= 15 is 0 Å². The fourth-order valence-electron chi connectivity index (χ4n) is 2.89. The van der Waals surface area contributed by atoms with Crippen molar-refractivity contribution in [1.29, 1.82) is 0 Å². The first-order valence-electron chi connectivity index (χ1n) is 8.46. The molecule has 1 atom stereocenters. The molecule has 0 aliphatic carbocycles. The Bertz CT molecular complexity index is 604. The van der Waals surface area contributed by atoms with Gasteiger partial charge in [-0.3, -0.25) is 5.32 Å². The van der Waals surface area contributed by atoms with Crippen molar-refractivity contribution in [3.05, 3.63) is 65.7 Å². The second-order valence-corrected chi connectivity index (χ2v) is 7.10. The van der Waals surface area contributed by atoms with Gasteiger partial charge in [0.2, 0.25) is 0 Å². The summed E-state index contributed by atoms with van der Waals surface area (Å²) in [4.78, 5) is 0. The molecule has 1 unspecified atom stereocenters. The minimum atomic E-state index is -0.145. The van der Waals surface area contributed by atoms with Gasteiger partial charge in [-0.1, -0.05) is 62.4 Å². The highest BCUT2D eigenvalue weighted by Gasteiger charge is 2.23. The van der Waals surface area contributed by atoms with Crippen molar-refractivity contribution in [2.24, 2.45) is 5.92 Å². The van der Waals surface area contributed by atoms with Gasteiger partial charge in [-0.25, -0.2) is 0 Å². The van der Waals surface area contributed by atoms with Crippen LogP contribution in [-0.4, -0.2) is 6.23 Å². The van der Waals surface area contributed by atoms with E-state index < -0.39 is 0 Å². The first-order chi connectivity index (χ1) is 10.9.